The van der Waals surface area contributed by atoms with Crippen molar-refractivity contribution in [3.63, 3.8) is 0 Å². The number of hydrogen-bond donors (Lipinski definition) is 4. The van der Waals surface area contributed by atoms with Crippen LogP contribution in [0.4, 0.5) is 0 Å². The van der Waals surface area contributed by atoms with Gasteiger partial charge in [-0.15, -0.1) is 0 Å². The Kier molecular flexibility index (Phi) is 7.67. The Bertz CT molecular complexity index is 406. The maximum absolute atomic E-state index is 11.9. The fourth-order valence-corrected chi connectivity index (χ4v) is 1.85. The number of carbonyl (C=O) groups excluding carboxylic acids is 1. The fraction of sp³-hybridized carbons (Fsp3) is 0.900. The molecule has 1 fully saturated rings. The lowest BCUT2D eigenvalue weighted by molar-refractivity contribution is -0.133. The van der Waals surface area contributed by atoms with Gasteiger partial charge in [0, 0.05) is 6.54 Å². The normalized spacial score (nSPS) is 20.4. The fourth-order valence-electron chi connectivity index (χ4n) is 1.85. The van der Waals surface area contributed by atoms with Gasteiger partial charge in [0.05, 0.1) is 18.2 Å². The van der Waals surface area contributed by atoms with Crippen molar-refractivity contribution in [3.8, 4) is 0 Å². The Balaban J connectivity index is 0.000000621. The first-order valence-electron chi connectivity index (χ1n) is 6.29. The van der Waals surface area contributed by atoms with Gasteiger partial charge in [0.15, 0.2) is 0 Å². The molecule has 2 atom stereocenters. The first-order chi connectivity index (χ1) is 8.95. The molecule has 8 nitrogen and oxygen atoms in total. The average molecular weight is 310 g/mol. The molecule has 118 valence electrons. The number of amides is 1. The third-order valence-corrected chi connectivity index (χ3v) is 2.93. The van der Waals surface area contributed by atoms with E-state index in [1.54, 1.807) is 0 Å². The predicted molar refractivity (Wildman–Crippen MR) is 75.2 cm³/mol. The topological polar surface area (TPSA) is 141 Å². The van der Waals surface area contributed by atoms with Crippen LogP contribution in [0, 0.1) is 5.92 Å². The number of nitrogens with zero attached hydrogens (tertiary/aromatic N) is 1. The zero-order valence-corrected chi connectivity index (χ0v) is 12.7. The molecule has 1 amide bonds. The summed E-state index contributed by atoms with van der Waals surface area (Å²) >= 11 is 0. The number of carbonyl (C=O) groups is 1. The van der Waals surface area contributed by atoms with E-state index in [2.05, 4.69) is 0 Å². The van der Waals surface area contributed by atoms with Gasteiger partial charge in [-0.05, 0) is 18.8 Å². The maximum atomic E-state index is 11.9. The van der Waals surface area contributed by atoms with Gasteiger partial charge in [0.25, 0.3) is 10.1 Å². The van der Waals surface area contributed by atoms with Crippen molar-refractivity contribution in [2.75, 3.05) is 12.8 Å². The van der Waals surface area contributed by atoms with Gasteiger partial charge in [-0.1, -0.05) is 13.8 Å². The van der Waals surface area contributed by atoms with E-state index in [9.17, 15) is 13.2 Å². The summed E-state index contributed by atoms with van der Waals surface area (Å²) in [7, 11) is -5.13. The van der Waals surface area contributed by atoms with Crippen LogP contribution in [0.25, 0.3) is 0 Å². The van der Waals surface area contributed by atoms with Crippen LogP contribution in [-0.2, 0) is 14.9 Å². The molecule has 1 aliphatic heterocycles. The van der Waals surface area contributed by atoms with Gasteiger partial charge in [0.2, 0.25) is 5.91 Å². The van der Waals surface area contributed by atoms with Crippen LogP contribution in [0.15, 0.2) is 0 Å². The van der Waals surface area contributed by atoms with Gasteiger partial charge in [-0.3, -0.25) is 9.35 Å². The summed E-state index contributed by atoms with van der Waals surface area (Å²) in [4.78, 5) is 13.4. The summed E-state index contributed by atoms with van der Waals surface area (Å²) in [6.45, 7) is 4.33. The molecule has 1 saturated heterocycles. The zero-order valence-electron chi connectivity index (χ0n) is 11.9. The minimum atomic E-state index is -3.67. The van der Waals surface area contributed by atoms with E-state index in [1.807, 2.05) is 13.8 Å². The Hall–Kier alpha value is -0.675. The molecule has 1 rings (SSSR count). The molecular formula is C10H23BN2O6S. The Labute approximate surface area is 119 Å². The summed E-state index contributed by atoms with van der Waals surface area (Å²) in [5, 5.41) is 18.2. The highest BCUT2D eigenvalue weighted by Crippen LogP contribution is 2.19. The van der Waals surface area contributed by atoms with E-state index in [4.69, 9.17) is 20.3 Å². The minimum absolute atomic E-state index is 0.0644. The van der Waals surface area contributed by atoms with E-state index in [0.29, 0.717) is 19.2 Å². The van der Waals surface area contributed by atoms with Crippen molar-refractivity contribution in [1.82, 2.24) is 4.90 Å². The van der Waals surface area contributed by atoms with E-state index in [-0.39, 0.29) is 11.8 Å². The Morgan fingerprint density at radius 3 is 2.20 bits per heavy atom. The molecule has 1 heterocycles. The molecule has 0 bridgehead atoms. The Morgan fingerprint density at radius 2 is 1.85 bits per heavy atom. The van der Waals surface area contributed by atoms with Crippen molar-refractivity contribution in [2.45, 2.75) is 38.7 Å². The third-order valence-electron chi connectivity index (χ3n) is 2.93. The lowest BCUT2D eigenvalue weighted by atomic mass is 9.77. The largest absolute Gasteiger partial charge is 0.475 e. The molecule has 0 aliphatic carbocycles. The van der Waals surface area contributed by atoms with Gasteiger partial charge < -0.3 is 20.7 Å². The molecule has 0 aromatic carbocycles. The summed E-state index contributed by atoms with van der Waals surface area (Å²) in [5.41, 5.74) is 5.75. The third kappa shape index (κ3) is 7.20. The molecule has 20 heavy (non-hydrogen) atoms. The monoisotopic (exact) mass is 310 g/mol. The van der Waals surface area contributed by atoms with E-state index in [0.717, 1.165) is 6.42 Å². The molecule has 0 radical (unpaired) electrons. The second kappa shape index (κ2) is 7.94. The standard InChI is InChI=1S/C9H19BN2O3.CH4O3S/c1-6(2)8(11)9(13)12-5-3-4-7(12)10(14)15;1-5(2,3)4/h6-8,14-15H,3-5,11H2,1-2H3;1H3,(H,2,3,4)/t7?,8-;/m1./s1. The second-order valence-electron chi connectivity index (χ2n) is 5.16. The molecule has 10 heteroatoms. The van der Waals surface area contributed by atoms with Crippen LogP contribution in [0.5, 0.6) is 0 Å². The molecule has 0 aromatic rings. The SMILES string of the molecule is CC(C)[C@@H](N)C(=O)N1CCCC1B(O)O.CS(=O)(=O)O. The predicted octanol–water partition coefficient (Wildman–Crippen LogP) is -1.52. The van der Waals surface area contributed by atoms with Crippen LogP contribution < -0.4 is 5.73 Å². The first kappa shape index (κ1) is 19.3. The summed E-state index contributed by atoms with van der Waals surface area (Å²) in [6, 6.07) is -0.552. The van der Waals surface area contributed by atoms with Crippen LogP contribution in [-0.4, -0.2) is 65.7 Å². The molecule has 5 N–H and O–H groups in total. The molecule has 0 saturated carbocycles. The van der Waals surface area contributed by atoms with Crippen molar-refractivity contribution in [1.29, 1.82) is 0 Å². The minimum Gasteiger partial charge on any atom is -0.426 e. The smallest absolute Gasteiger partial charge is 0.426 e. The lowest BCUT2D eigenvalue weighted by Crippen LogP contribution is -2.52. The number of likely N-dealkylation sites (tertiary alicyclic amines) is 1. The molecule has 1 unspecified atom stereocenters. The van der Waals surface area contributed by atoms with E-state index >= 15 is 0 Å². The van der Waals surface area contributed by atoms with Crippen molar-refractivity contribution < 1.29 is 27.8 Å². The number of nitrogens with two attached hydrogens (primary N) is 1. The second-order valence-corrected chi connectivity index (χ2v) is 6.62. The Morgan fingerprint density at radius 1 is 1.40 bits per heavy atom. The maximum Gasteiger partial charge on any atom is 0.475 e. The van der Waals surface area contributed by atoms with Crippen molar-refractivity contribution >= 4 is 23.1 Å². The molecule has 1 aliphatic rings. The van der Waals surface area contributed by atoms with Crippen molar-refractivity contribution in [2.24, 2.45) is 11.7 Å². The van der Waals surface area contributed by atoms with Crippen LogP contribution in [0.2, 0.25) is 0 Å². The van der Waals surface area contributed by atoms with Gasteiger partial charge in [-0.25, -0.2) is 0 Å². The van der Waals surface area contributed by atoms with Crippen LogP contribution in [0.3, 0.4) is 0 Å². The van der Waals surface area contributed by atoms with Gasteiger partial charge in [-0.2, -0.15) is 8.42 Å². The number of hydrogen-bond acceptors (Lipinski definition) is 6. The van der Waals surface area contributed by atoms with Crippen LogP contribution in [0.1, 0.15) is 26.7 Å². The van der Waals surface area contributed by atoms with Gasteiger partial charge in [0.1, 0.15) is 0 Å². The highest BCUT2D eigenvalue weighted by molar-refractivity contribution is 7.85. The van der Waals surface area contributed by atoms with Crippen molar-refractivity contribution in [3.05, 3.63) is 0 Å². The quantitative estimate of drug-likeness (QED) is 0.366. The summed E-state index contributed by atoms with van der Waals surface area (Å²) in [5.74, 6) is -0.600. The van der Waals surface area contributed by atoms with E-state index < -0.39 is 29.2 Å². The van der Waals surface area contributed by atoms with Crippen LogP contribution >= 0.6 is 0 Å². The van der Waals surface area contributed by atoms with Gasteiger partial charge >= 0.3 is 7.12 Å². The van der Waals surface area contributed by atoms with E-state index in [1.165, 1.54) is 4.90 Å². The number of rotatable bonds is 3. The highest BCUT2D eigenvalue weighted by Gasteiger charge is 2.38. The first-order valence-corrected chi connectivity index (χ1v) is 8.14. The zero-order chi connectivity index (χ0) is 16.1. The molecule has 0 spiro atoms. The lowest BCUT2D eigenvalue weighted by Gasteiger charge is -2.28. The molecular weight excluding hydrogens is 287 g/mol. The average Bonchev–Trinajstić information content (AvgIpc) is 2.73. The highest BCUT2D eigenvalue weighted by atomic mass is 32.2. The summed E-state index contributed by atoms with van der Waals surface area (Å²) in [6.07, 6.45) is 2.15. The summed E-state index contributed by atoms with van der Waals surface area (Å²) < 4.78 is 25.9. The molecule has 0 aromatic heterocycles.